The van der Waals surface area contributed by atoms with Crippen molar-refractivity contribution in [3.63, 3.8) is 0 Å². The molecule has 0 heterocycles. The third-order valence-electron chi connectivity index (χ3n) is 13.4. The first kappa shape index (κ1) is 64.9. The highest BCUT2D eigenvalue weighted by Crippen LogP contribution is 2.17. The molecule has 0 fully saturated rings. The fraction of sp³-hybridized carbons (Fsp3) is 0.885. The zero-order valence-electron chi connectivity index (χ0n) is 45.2. The summed E-state index contributed by atoms with van der Waals surface area (Å²) in [5.74, 6) is -0.860. The van der Waals surface area contributed by atoms with Crippen molar-refractivity contribution in [1.29, 1.82) is 0 Å². The average molecular weight is 944 g/mol. The molecule has 0 aliphatic rings. The van der Waals surface area contributed by atoms with Gasteiger partial charge in [0.2, 0.25) is 0 Å². The van der Waals surface area contributed by atoms with Crippen LogP contribution in [0.4, 0.5) is 0 Å². The molecular weight excluding hydrogens is 829 g/mol. The minimum absolute atomic E-state index is 0.0705. The van der Waals surface area contributed by atoms with Gasteiger partial charge in [0.15, 0.2) is 6.10 Å². The van der Waals surface area contributed by atoms with Crippen molar-refractivity contribution in [2.75, 3.05) is 13.2 Å². The van der Waals surface area contributed by atoms with E-state index < -0.39 is 6.10 Å². The van der Waals surface area contributed by atoms with E-state index >= 15 is 0 Å². The Hall–Kier alpha value is -2.11. The number of carbonyl (C=O) groups excluding carboxylic acids is 3. The van der Waals surface area contributed by atoms with Crippen LogP contribution in [0.3, 0.4) is 0 Å². The van der Waals surface area contributed by atoms with Gasteiger partial charge in [-0.05, 0) is 70.6 Å². The van der Waals surface area contributed by atoms with Crippen LogP contribution in [0.15, 0.2) is 24.3 Å². The lowest BCUT2D eigenvalue weighted by molar-refractivity contribution is -0.167. The van der Waals surface area contributed by atoms with E-state index in [1.165, 1.54) is 225 Å². The van der Waals surface area contributed by atoms with Gasteiger partial charge in [-0.1, -0.05) is 263 Å². The molecule has 67 heavy (non-hydrogen) atoms. The van der Waals surface area contributed by atoms with Crippen molar-refractivity contribution in [3.05, 3.63) is 24.3 Å². The van der Waals surface area contributed by atoms with E-state index in [1.54, 1.807) is 0 Å². The number of esters is 3. The summed E-state index contributed by atoms with van der Waals surface area (Å²) in [6, 6.07) is 0. The van der Waals surface area contributed by atoms with Gasteiger partial charge < -0.3 is 14.2 Å². The quantitative estimate of drug-likeness (QED) is 0.0262. The van der Waals surface area contributed by atoms with Crippen molar-refractivity contribution in [2.24, 2.45) is 0 Å². The molecule has 0 radical (unpaired) electrons. The van der Waals surface area contributed by atoms with E-state index in [1.807, 2.05) is 0 Å². The van der Waals surface area contributed by atoms with Gasteiger partial charge in [-0.3, -0.25) is 14.4 Å². The van der Waals surface area contributed by atoms with E-state index in [0.29, 0.717) is 19.3 Å². The fourth-order valence-corrected chi connectivity index (χ4v) is 8.91. The summed E-state index contributed by atoms with van der Waals surface area (Å²) >= 11 is 0. The Kier molecular flexibility index (Phi) is 54.7. The topological polar surface area (TPSA) is 78.9 Å². The molecule has 0 saturated carbocycles. The van der Waals surface area contributed by atoms with Gasteiger partial charge in [0.1, 0.15) is 13.2 Å². The Bertz CT molecular complexity index is 1080. The molecule has 394 valence electrons. The van der Waals surface area contributed by atoms with Crippen LogP contribution in [0, 0.1) is 0 Å². The zero-order valence-corrected chi connectivity index (χ0v) is 45.2. The summed E-state index contributed by atoms with van der Waals surface area (Å²) in [4.78, 5) is 38.2. The predicted octanol–water partition coefficient (Wildman–Crippen LogP) is 19.9. The third kappa shape index (κ3) is 54.7. The number of carbonyl (C=O) groups is 3. The first-order valence-corrected chi connectivity index (χ1v) is 29.8. The number of rotatable bonds is 55. The highest BCUT2D eigenvalue weighted by Gasteiger charge is 2.19. The first-order chi connectivity index (χ1) is 33.0. The van der Waals surface area contributed by atoms with Crippen LogP contribution in [-0.4, -0.2) is 37.2 Å². The Labute approximate surface area is 417 Å². The molecule has 6 nitrogen and oxygen atoms in total. The highest BCUT2D eigenvalue weighted by molar-refractivity contribution is 5.71. The van der Waals surface area contributed by atoms with Crippen LogP contribution in [0.5, 0.6) is 0 Å². The Morgan fingerprint density at radius 3 is 0.776 bits per heavy atom. The summed E-state index contributed by atoms with van der Waals surface area (Å²) in [5, 5.41) is 0. The number of hydrogen-bond acceptors (Lipinski definition) is 6. The zero-order chi connectivity index (χ0) is 48.6. The average Bonchev–Trinajstić information content (AvgIpc) is 3.33. The van der Waals surface area contributed by atoms with Gasteiger partial charge in [-0.15, -0.1) is 0 Å². The van der Waals surface area contributed by atoms with Crippen molar-refractivity contribution in [3.8, 4) is 0 Å². The van der Waals surface area contributed by atoms with Gasteiger partial charge in [-0.2, -0.15) is 0 Å². The lowest BCUT2D eigenvalue weighted by Crippen LogP contribution is -2.30. The van der Waals surface area contributed by atoms with Crippen molar-refractivity contribution in [2.45, 2.75) is 335 Å². The Morgan fingerprint density at radius 2 is 0.493 bits per heavy atom. The summed E-state index contributed by atoms with van der Waals surface area (Å²) in [6.07, 6.45) is 66.0. The highest BCUT2D eigenvalue weighted by atomic mass is 16.6. The number of allylic oxidation sites excluding steroid dienone is 4. The third-order valence-corrected chi connectivity index (χ3v) is 13.4. The molecule has 0 bridgehead atoms. The SMILES string of the molecule is CCCCC/C=C\CCCCCCCC(=O)OCC(COC(=O)CCCCCCCCCCC/C=C\CCCCCCCC)OC(=O)CCCCCCCCCCCCCCCCCCCC. The summed E-state index contributed by atoms with van der Waals surface area (Å²) in [7, 11) is 0. The predicted molar refractivity (Wildman–Crippen MR) is 289 cm³/mol. The summed E-state index contributed by atoms with van der Waals surface area (Å²) < 4.78 is 16.9. The Balaban J connectivity index is 4.29. The van der Waals surface area contributed by atoms with Crippen LogP contribution >= 0.6 is 0 Å². The molecule has 6 heteroatoms. The second-order valence-corrected chi connectivity index (χ2v) is 20.3. The van der Waals surface area contributed by atoms with Crippen LogP contribution in [0.1, 0.15) is 329 Å². The normalized spacial score (nSPS) is 12.1. The minimum atomic E-state index is -0.771. The summed E-state index contributed by atoms with van der Waals surface area (Å²) in [6.45, 7) is 6.66. The molecule has 0 aromatic carbocycles. The molecule has 1 unspecified atom stereocenters. The van der Waals surface area contributed by atoms with E-state index in [2.05, 4.69) is 45.1 Å². The lowest BCUT2D eigenvalue weighted by atomic mass is 10.0. The molecule has 1 atom stereocenters. The largest absolute Gasteiger partial charge is 0.462 e. The maximum atomic E-state index is 12.9. The number of unbranched alkanes of at least 4 members (excludes halogenated alkanes) is 40. The molecule has 0 rings (SSSR count). The van der Waals surface area contributed by atoms with Crippen LogP contribution in [-0.2, 0) is 28.6 Å². The lowest BCUT2D eigenvalue weighted by Gasteiger charge is -2.18. The van der Waals surface area contributed by atoms with Gasteiger partial charge >= 0.3 is 17.9 Å². The Morgan fingerprint density at radius 1 is 0.284 bits per heavy atom. The van der Waals surface area contributed by atoms with Crippen molar-refractivity contribution >= 4 is 17.9 Å². The molecular formula is C61H114O6. The second-order valence-electron chi connectivity index (χ2n) is 20.3. The number of hydrogen-bond donors (Lipinski definition) is 0. The van der Waals surface area contributed by atoms with E-state index in [9.17, 15) is 14.4 Å². The molecule has 0 aliphatic heterocycles. The van der Waals surface area contributed by atoms with Crippen LogP contribution in [0.2, 0.25) is 0 Å². The van der Waals surface area contributed by atoms with E-state index in [-0.39, 0.29) is 31.1 Å². The molecule has 0 amide bonds. The molecule has 0 spiro atoms. The van der Waals surface area contributed by atoms with Gasteiger partial charge in [0.05, 0.1) is 0 Å². The van der Waals surface area contributed by atoms with E-state index in [4.69, 9.17) is 14.2 Å². The van der Waals surface area contributed by atoms with Crippen molar-refractivity contribution < 1.29 is 28.6 Å². The maximum absolute atomic E-state index is 12.9. The maximum Gasteiger partial charge on any atom is 0.306 e. The van der Waals surface area contributed by atoms with Crippen molar-refractivity contribution in [1.82, 2.24) is 0 Å². The van der Waals surface area contributed by atoms with Crippen LogP contribution in [0.25, 0.3) is 0 Å². The smallest absolute Gasteiger partial charge is 0.306 e. The van der Waals surface area contributed by atoms with Gasteiger partial charge in [0, 0.05) is 19.3 Å². The second kappa shape index (κ2) is 56.5. The fourth-order valence-electron chi connectivity index (χ4n) is 8.91. The number of ether oxygens (including phenoxy) is 3. The summed E-state index contributed by atoms with van der Waals surface area (Å²) in [5.41, 5.74) is 0. The monoisotopic (exact) mass is 943 g/mol. The molecule has 0 aliphatic carbocycles. The van der Waals surface area contributed by atoms with E-state index in [0.717, 1.165) is 64.2 Å². The minimum Gasteiger partial charge on any atom is -0.462 e. The molecule has 0 saturated heterocycles. The molecule has 0 aromatic rings. The van der Waals surface area contributed by atoms with Crippen LogP contribution < -0.4 is 0 Å². The van der Waals surface area contributed by atoms with Gasteiger partial charge in [0.25, 0.3) is 0 Å². The molecule has 0 aromatic heterocycles. The standard InChI is InChI=1S/C61H114O6/c1-4-7-10-13-16-19-22-25-27-29-31-33-34-36-39-42-45-48-51-54-60(63)66-57-58(56-65-59(62)53-50-47-44-41-38-24-21-18-15-12-9-6-3)67-61(64)55-52-49-46-43-40-37-35-32-30-28-26-23-20-17-14-11-8-5-2/h18,21,25,27,58H,4-17,19-20,22-24,26,28-57H2,1-3H3/b21-18-,27-25-. The van der Waals surface area contributed by atoms with Gasteiger partial charge in [-0.25, -0.2) is 0 Å². The first-order valence-electron chi connectivity index (χ1n) is 29.8. The molecule has 0 N–H and O–H groups in total.